The molecule has 0 aromatic heterocycles. The zero-order chi connectivity index (χ0) is 12.8. The number of nitrogens with one attached hydrogen (secondary N) is 1. The summed E-state index contributed by atoms with van der Waals surface area (Å²) in [5, 5.41) is 2.70. The van der Waals surface area contributed by atoms with Gasteiger partial charge in [0.1, 0.15) is 5.82 Å². The van der Waals surface area contributed by atoms with Gasteiger partial charge in [0.15, 0.2) is 0 Å². The molecule has 4 heteroatoms. The number of amides is 1. The summed E-state index contributed by atoms with van der Waals surface area (Å²) in [6.07, 6.45) is 0.648. The topological polar surface area (TPSA) is 55.1 Å². The lowest BCUT2D eigenvalue weighted by atomic mass is 10.0. The first-order chi connectivity index (χ1) is 7.99. The molecule has 17 heavy (non-hydrogen) atoms. The molecule has 3 nitrogen and oxygen atoms in total. The number of nitrogens with two attached hydrogens (primary N) is 1. The number of hydrogen-bond acceptors (Lipinski definition) is 2. The molecule has 0 aliphatic carbocycles. The van der Waals surface area contributed by atoms with E-state index < -0.39 is 6.04 Å². The molecule has 0 heterocycles. The highest BCUT2D eigenvalue weighted by molar-refractivity contribution is 5.81. The molecule has 3 N–H and O–H groups in total. The van der Waals surface area contributed by atoms with Crippen molar-refractivity contribution in [3.8, 4) is 0 Å². The van der Waals surface area contributed by atoms with Crippen LogP contribution in [0, 0.1) is 11.7 Å². The number of hydrogen-bond donors (Lipinski definition) is 2. The number of rotatable bonds is 5. The normalized spacial score (nSPS) is 12.5. The van der Waals surface area contributed by atoms with E-state index in [1.165, 1.54) is 12.1 Å². The second-order valence-electron chi connectivity index (χ2n) is 4.58. The van der Waals surface area contributed by atoms with Crippen LogP contribution in [0.3, 0.4) is 0 Å². The van der Waals surface area contributed by atoms with Gasteiger partial charge in [-0.3, -0.25) is 4.79 Å². The molecule has 94 valence electrons. The maximum absolute atomic E-state index is 12.9. The summed E-state index contributed by atoms with van der Waals surface area (Å²) < 4.78 is 12.9. The van der Waals surface area contributed by atoms with E-state index in [-0.39, 0.29) is 11.7 Å². The Kier molecular flexibility index (Phi) is 5.10. The van der Waals surface area contributed by atoms with Crippen molar-refractivity contribution in [1.82, 2.24) is 5.32 Å². The van der Waals surface area contributed by atoms with Gasteiger partial charge in [-0.05, 0) is 30.0 Å². The van der Waals surface area contributed by atoms with E-state index in [2.05, 4.69) is 5.32 Å². The molecule has 1 amide bonds. The van der Waals surface area contributed by atoms with Crippen LogP contribution in [0.5, 0.6) is 0 Å². The summed E-state index contributed by atoms with van der Waals surface area (Å²) in [7, 11) is 0. The van der Waals surface area contributed by atoms with E-state index in [4.69, 9.17) is 5.73 Å². The van der Waals surface area contributed by atoms with Crippen LogP contribution in [0.25, 0.3) is 0 Å². The molecule has 1 atom stereocenters. The summed E-state index contributed by atoms with van der Waals surface area (Å²) in [5.74, 6) is -0.115. The zero-order valence-corrected chi connectivity index (χ0v) is 10.2. The van der Waals surface area contributed by atoms with Crippen molar-refractivity contribution in [3.63, 3.8) is 0 Å². The van der Waals surface area contributed by atoms with Crippen LogP contribution in [-0.2, 0) is 11.3 Å². The second-order valence-corrected chi connectivity index (χ2v) is 4.58. The predicted molar refractivity (Wildman–Crippen MR) is 65.7 cm³/mol. The molecule has 0 fully saturated rings. The first-order valence-corrected chi connectivity index (χ1v) is 5.76. The van der Waals surface area contributed by atoms with Crippen LogP contribution in [0.2, 0.25) is 0 Å². The predicted octanol–water partition coefficient (Wildman–Crippen LogP) is 1.82. The smallest absolute Gasteiger partial charge is 0.237 e. The maximum atomic E-state index is 12.9. The summed E-state index contributed by atoms with van der Waals surface area (Å²) in [5.41, 5.74) is 6.46. The van der Waals surface area contributed by atoms with E-state index >= 15 is 0 Å². The van der Waals surface area contributed by atoms with Crippen LogP contribution in [0.1, 0.15) is 25.8 Å². The minimum Gasteiger partial charge on any atom is -0.351 e. The van der Waals surface area contributed by atoms with Gasteiger partial charge < -0.3 is 11.1 Å². The van der Waals surface area contributed by atoms with Gasteiger partial charge in [-0.15, -0.1) is 0 Å². The number of benzene rings is 1. The highest BCUT2D eigenvalue weighted by Gasteiger charge is 2.14. The number of carbonyl (C=O) groups excluding carboxylic acids is 1. The van der Waals surface area contributed by atoms with E-state index in [0.717, 1.165) is 5.56 Å². The van der Waals surface area contributed by atoms with Gasteiger partial charge in [0.25, 0.3) is 0 Å². The SMILES string of the molecule is CC(C)C[C@H](N)C(=O)NCc1cccc(F)c1. The van der Waals surface area contributed by atoms with Gasteiger partial charge in [0.2, 0.25) is 5.91 Å². The van der Waals surface area contributed by atoms with Gasteiger partial charge in [0.05, 0.1) is 6.04 Å². The molecule has 0 saturated carbocycles. The Morgan fingerprint density at radius 1 is 1.47 bits per heavy atom. The average molecular weight is 238 g/mol. The van der Waals surface area contributed by atoms with Crippen molar-refractivity contribution in [2.45, 2.75) is 32.9 Å². The highest BCUT2D eigenvalue weighted by atomic mass is 19.1. The van der Waals surface area contributed by atoms with Crippen molar-refractivity contribution >= 4 is 5.91 Å². The molecule has 0 spiro atoms. The molecule has 0 radical (unpaired) electrons. The maximum Gasteiger partial charge on any atom is 0.237 e. The molecule has 1 aromatic rings. The monoisotopic (exact) mass is 238 g/mol. The number of carbonyl (C=O) groups is 1. The summed E-state index contributed by atoms with van der Waals surface area (Å²) in [4.78, 5) is 11.6. The van der Waals surface area contributed by atoms with Crippen LogP contribution in [0.4, 0.5) is 4.39 Å². The third-order valence-electron chi connectivity index (χ3n) is 2.42. The molecule has 0 aliphatic heterocycles. The number of halogens is 1. The summed E-state index contributed by atoms with van der Waals surface area (Å²) in [6, 6.07) is 5.65. The lowest BCUT2D eigenvalue weighted by Crippen LogP contribution is -2.41. The molecule has 0 saturated heterocycles. The molecular formula is C13H19FN2O. The van der Waals surface area contributed by atoms with Crippen LogP contribution in [-0.4, -0.2) is 11.9 Å². The van der Waals surface area contributed by atoms with Crippen molar-refractivity contribution in [1.29, 1.82) is 0 Å². The Balaban J connectivity index is 2.43. The molecule has 0 unspecified atom stereocenters. The van der Waals surface area contributed by atoms with Gasteiger partial charge in [0, 0.05) is 6.54 Å². The fourth-order valence-electron chi connectivity index (χ4n) is 1.58. The van der Waals surface area contributed by atoms with E-state index in [1.807, 2.05) is 13.8 Å². The first-order valence-electron chi connectivity index (χ1n) is 5.76. The van der Waals surface area contributed by atoms with Crippen molar-refractivity contribution in [2.75, 3.05) is 0 Å². The Labute approximate surface area is 101 Å². The van der Waals surface area contributed by atoms with Crippen molar-refractivity contribution in [2.24, 2.45) is 11.7 Å². The van der Waals surface area contributed by atoms with Crippen LogP contribution in [0.15, 0.2) is 24.3 Å². The van der Waals surface area contributed by atoms with E-state index in [0.29, 0.717) is 18.9 Å². The first kappa shape index (κ1) is 13.6. The third kappa shape index (κ3) is 4.95. The van der Waals surface area contributed by atoms with Crippen molar-refractivity contribution < 1.29 is 9.18 Å². The summed E-state index contributed by atoms with van der Waals surface area (Å²) in [6.45, 7) is 4.34. The minimum atomic E-state index is -0.497. The molecule has 0 bridgehead atoms. The van der Waals surface area contributed by atoms with Gasteiger partial charge in [-0.2, -0.15) is 0 Å². The Morgan fingerprint density at radius 3 is 2.76 bits per heavy atom. The van der Waals surface area contributed by atoms with Gasteiger partial charge in [-0.1, -0.05) is 26.0 Å². The lowest BCUT2D eigenvalue weighted by Gasteiger charge is -2.14. The quantitative estimate of drug-likeness (QED) is 0.822. The fraction of sp³-hybridized carbons (Fsp3) is 0.462. The molecular weight excluding hydrogens is 219 g/mol. The third-order valence-corrected chi connectivity index (χ3v) is 2.42. The lowest BCUT2D eigenvalue weighted by molar-refractivity contribution is -0.122. The average Bonchev–Trinajstić information content (AvgIpc) is 2.25. The van der Waals surface area contributed by atoms with Crippen LogP contribution >= 0.6 is 0 Å². The minimum absolute atomic E-state index is 0.192. The fourth-order valence-corrected chi connectivity index (χ4v) is 1.58. The van der Waals surface area contributed by atoms with Crippen LogP contribution < -0.4 is 11.1 Å². The zero-order valence-electron chi connectivity index (χ0n) is 10.2. The Morgan fingerprint density at radius 2 is 2.18 bits per heavy atom. The van der Waals surface area contributed by atoms with E-state index in [9.17, 15) is 9.18 Å². The van der Waals surface area contributed by atoms with Gasteiger partial charge >= 0.3 is 0 Å². The highest BCUT2D eigenvalue weighted by Crippen LogP contribution is 2.05. The second kappa shape index (κ2) is 6.35. The molecule has 0 aliphatic rings. The van der Waals surface area contributed by atoms with Gasteiger partial charge in [-0.25, -0.2) is 4.39 Å². The standard InChI is InChI=1S/C13H19FN2O/c1-9(2)6-12(15)13(17)16-8-10-4-3-5-11(14)7-10/h3-5,7,9,12H,6,8,15H2,1-2H3,(H,16,17)/t12-/m0/s1. The summed E-state index contributed by atoms with van der Waals surface area (Å²) >= 11 is 0. The molecule has 1 aromatic carbocycles. The van der Waals surface area contributed by atoms with E-state index in [1.54, 1.807) is 12.1 Å². The Bertz CT molecular complexity index is 379. The largest absolute Gasteiger partial charge is 0.351 e. The van der Waals surface area contributed by atoms with Crippen molar-refractivity contribution in [3.05, 3.63) is 35.6 Å². The Hall–Kier alpha value is -1.42. The molecule has 1 rings (SSSR count).